The lowest BCUT2D eigenvalue weighted by Crippen LogP contribution is -2.34. The highest BCUT2D eigenvalue weighted by molar-refractivity contribution is 7.80. The summed E-state index contributed by atoms with van der Waals surface area (Å²) >= 11 is 5.39. The van der Waals surface area contributed by atoms with Crippen molar-refractivity contribution in [3.63, 3.8) is 0 Å². The Morgan fingerprint density at radius 3 is 2.36 bits per heavy atom. The normalized spacial score (nSPS) is 10.9. The highest BCUT2D eigenvalue weighted by Crippen LogP contribution is 2.25. The van der Waals surface area contributed by atoms with Crippen molar-refractivity contribution in [2.45, 2.75) is 46.5 Å². The second-order valence-electron chi connectivity index (χ2n) is 9.29. The summed E-state index contributed by atoms with van der Waals surface area (Å²) < 4.78 is 1.77. The molecule has 0 fully saturated rings. The van der Waals surface area contributed by atoms with Gasteiger partial charge in [-0.15, -0.1) is 5.10 Å². The van der Waals surface area contributed by atoms with Gasteiger partial charge in [0.2, 0.25) is 5.91 Å². The molecule has 184 valence electrons. The van der Waals surface area contributed by atoms with Gasteiger partial charge in [-0.3, -0.25) is 4.79 Å². The van der Waals surface area contributed by atoms with Crippen LogP contribution in [0.5, 0.6) is 0 Å². The van der Waals surface area contributed by atoms with Crippen LogP contribution in [0.1, 0.15) is 48.4 Å². The van der Waals surface area contributed by atoms with Crippen LogP contribution in [0.4, 0.5) is 5.69 Å². The second kappa shape index (κ2) is 11.3. The van der Waals surface area contributed by atoms with Crippen LogP contribution in [0, 0.1) is 13.8 Å². The fourth-order valence-corrected chi connectivity index (χ4v) is 4.14. The average molecular weight is 498 g/mol. The molecule has 4 aromatic rings. The number of aryl methyl sites for hydroxylation is 3. The van der Waals surface area contributed by atoms with E-state index in [1.807, 2.05) is 49.4 Å². The van der Waals surface area contributed by atoms with Crippen LogP contribution < -0.4 is 10.6 Å². The Morgan fingerprint density at radius 1 is 0.972 bits per heavy atom. The zero-order valence-corrected chi connectivity index (χ0v) is 21.9. The molecule has 1 aromatic heterocycles. The van der Waals surface area contributed by atoms with E-state index < -0.39 is 0 Å². The molecule has 0 radical (unpaired) electrons. The smallest absolute Gasteiger partial charge is 0.226 e. The van der Waals surface area contributed by atoms with Gasteiger partial charge in [-0.05, 0) is 73.3 Å². The SMILES string of the molecule is Cc1ccc(-n2cnc(-c3ccc(CCC(=O)NC(=S)Nc4cc(C)ccc4C(C)C)cc3)n2)cc1. The number of hydrogen-bond donors (Lipinski definition) is 2. The van der Waals surface area contributed by atoms with Crippen molar-refractivity contribution in [3.8, 4) is 17.1 Å². The van der Waals surface area contributed by atoms with Gasteiger partial charge < -0.3 is 10.6 Å². The minimum absolute atomic E-state index is 0.117. The number of nitrogens with one attached hydrogen (secondary N) is 2. The first kappa shape index (κ1) is 25.3. The molecule has 0 aliphatic heterocycles. The van der Waals surface area contributed by atoms with E-state index in [4.69, 9.17) is 12.2 Å². The predicted octanol–water partition coefficient (Wildman–Crippen LogP) is 6.12. The molecule has 0 saturated heterocycles. The van der Waals surface area contributed by atoms with Crippen LogP contribution in [0.15, 0.2) is 73.1 Å². The molecule has 1 heterocycles. The van der Waals surface area contributed by atoms with E-state index in [1.54, 1.807) is 11.0 Å². The minimum Gasteiger partial charge on any atom is -0.332 e. The second-order valence-corrected chi connectivity index (χ2v) is 9.70. The van der Waals surface area contributed by atoms with Crippen LogP contribution in [0.2, 0.25) is 0 Å². The summed E-state index contributed by atoms with van der Waals surface area (Å²) in [7, 11) is 0. The Bertz CT molecular complexity index is 1360. The van der Waals surface area contributed by atoms with Gasteiger partial charge in [-0.25, -0.2) is 9.67 Å². The number of benzene rings is 3. The van der Waals surface area contributed by atoms with E-state index in [-0.39, 0.29) is 5.91 Å². The Balaban J connectivity index is 1.30. The number of carbonyl (C=O) groups excluding carboxylic acids is 1. The molecule has 0 saturated carbocycles. The van der Waals surface area contributed by atoms with Crippen LogP contribution >= 0.6 is 12.2 Å². The lowest BCUT2D eigenvalue weighted by atomic mass is 9.99. The number of nitrogens with zero attached hydrogens (tertiary/aromatic N) is 3. The Kier molecular flexibility index (Phi) is 7.90. The molecule has 6 nitrogen and oxygen atoms in total. The number of hydrogen-bond acceptors (Lipinski definition) is 4. The van der Waals surface area contributed by atoms with E-state index in [0.29, 0.717) is 29.7 Å². The lowest BCUT2D eigenvalue weighted by Gasteiger charge is -2.16. The van der Waals surface area contributed by atoms with Crippen LogP contribution in [-0.4, -0.2) is 25.8 Å². The first-order chi connectivity index (χ1) is 17.3. The van der Waals surface area contributed by atoms with Gasteiger partial charge in [0.15, 0.2) is 10.9 Å². The number of carbonyl (C=O) groups is 1. The molecule has 0 bridgehead atoms. The number of thiocarbonyl (C=S) groups is 1. The van der Waals surface area contributed by atoms with Crippen LogP contribution in [-0.2, 0) is 11.2 Å². The predicted molar refractivity (Wildman–Crippen MR) is 149 cm³/mol. The average Bonchev–Trinajstić information content (AvgIpc) is 3.33. The Morgan fingerprint density at radius 2 is 1.67 bits per heavy atom. The van der Waals surface area contributed by atoms with E-state index in [9.17, 15) is 4.79 Å². The molecule has 0 aliphatic carbocycles. The highest BCUT2D eigenvalue weighted by Gasteiger charge is 2.11. The van der Waals surface area contributed by atoms with Crippen LogP contribution in [0.25, 0.3) is 17.1 Å². The zero-order valence-electron chi connectivity index (χ0n) is 21.1. The van der Waals surface area contributed by atoms with Gasteiger partial charge in [0.25, 0.3) is 0 Å². The fraction of sp³-hybridized carbons (Fsp3) is 0.241. The molecule has 0 unspecified atom stereocenters. The Hall–Kier alpha value is -3.84. The van der Waals surface area contributed by atoms with E-state index >= 15 is 0 Å². The summed E-state index contributed by atoms with van der Waals surface area (Å²) in [6.45, 7) is 8.36. The van der Waals surface area contributed by atoms with Crippen molar-refractivity contribution < 1.29 is 4.79 Å². The summed E-state index contributed by atoms with van der Waals surface area (Å²) in [5.74, 6) is 0.892. The number of aromatic nitrogens is 3. The molecular weight excluding hydrogens is 466 g/mol. The van der Waals surface area contributed by atoms with E-state index in [0.717, 1.165) is 33.6 Å². The molecule has 2 N–H and O–H groups in total. The van der Waals surface area contributed by atoms with Gasteiger partial charge in [0.1, 0.15) is 6.33 Å². The highest BCUT2D eigenvalue weighted by atomic mass is 32.1. The van der Waals surface area contributed by atoms with Crippen molar-refractivity contribution in [2.75, 3.05) is 5.32 Å². The standard InChI is InChI=1S/C29H31N5OS/c1-19(2)25-15-7-21(4)17-26(25)31-29(36)32-27(35)16-10-22-8-11-23(12-9-22)28-30-18-34(33-28)24-13-5-20(3)6-14-24/h5-9,11-15,17-19H,10,16H2,1-4H3,(H2,31,32,35,36). The lowest BCUT2D eigenvalue weighted by molar-refractivity contribution is -0.119. The molecule has 4 rings (SSSR count). The summed E-state index contributed by atoms with van der Waals surface area (Å²) in [6, 6.07) is 22.4. The molecule has 0 spiro atoms. The third-order valence-corrected chi connectivity index (χ3v) is 6.18. The van der Waals surface area contributed by atoms with E-state index in [2.05, 4.69) is 65.8 Å². The van der Waals surface area contributed by atoms with Gasteiger partial charge in [-0.2, -0.15) is 0 Å². The molecule has 36 heavy (non-hydrogen) atoms. The van der Waals surface area contributed by atoms with Crippen LogP contribution in [0.3, 0.4) is 0 Å². The number of amides is 1. The molecule has 7 heteroatoms. The van der Waals surface area contributed by atoms with Crippen molar-refractivity contribution in [3.05, 3.63) is 95.3 Å². The van der Waals surface area contributed by atoms with Crippen molar-refractivity contribution in [2.24, 2.45) is 0 Å². The first-order valence-electron chi connectivity index (χ1n) is 12.1. The maximum Gasteiger partial charge on any atom is 0.226 e. The maximum absolute atomic E-state index is 12.5. The summed E-state index contributed by atoms with van der Waals surface area (Å²) in [5.41, 5.74) is 7.40. The van der Waals surface area contributed by atoms with Gasteiger partial charge >= 0.3 is 0 Å². The first-order valence-corrected chi connectivity index (χ1v) is 12.5. The molecular formula is C29H31N5OS. The van der Waals surface area contributed by atoms with Crippen molar-refractivity contribution in [1.82, 2.24) is 20.1 Å². The van der Waals surface area contributed by atoms with Gasteiger partial charge in [-0.1, -0.05) is 67.9 Å². The van der Waals surface area contributed by atoms with Crippen molar-refractivity contribution in [1.29, 1.82) is 0 Å². The van der Waals surface area contributed by atoms with Crippen molar-refractivity contribution >= 4 is 28.9 Å². The summed E-state index contributed by atoms with van der Waals surface area (Å²) in [4.78, 5) is 16.9. The fourth-order valence-electron chi connectivity index (χ4n) is 3.92. The topological polar surface area (TPSA) is 71.8 Å². The van der Waals surface area contributed by atoms with Gasteiger partial charge in [0, 0.05) is 17.7 Å². The molecule has 1 amide bonds. The third-order valence-electron chi connectivity index (χ3n) is 5.98. The van der Waals surface area contributed by atoms with Gasteiger partial charge in [0.05, 0.1) is 5.69 Å². The Labute approximate surface area is 217 Å². The molecule has 0 atom stereocenters. The number of rotatable bonds is 7. The molecule has 3 aromatic carbocycles. The third kappa shape index (κ3) is 6.43. The zero-order chi connectivity index (χ0) is 25.7. The largest absolute Gasteiger partial charge is 0.332 e. The summed E-state index contributed by atoms with van der Waals surface area (Å²) in [5, 5.41) is 10.9. The monoisotopic (exact) mass is 497 g/mol. The quantitative estimate of drug-likeness (QED) is 0.301. The molecule has 0 aliphatic rings. The minimum atomic E-state index is -0.117. The number of anilines is 1. The van der Waals surface area contributed by atoms with E-state index in [1.165, 1.54) is 5.56 Å². The summed E-state index contributed by atoms with van der Waals surface area (Å²) in [6.07, 6.45) is 2.67. The maximum atomic E-state index is 12.5.